The van der Waals surface area contributed by atoms with Gasteiger partial charge in [0, 0.05) is 39.2 Å². The zero-order valence-corrected chi connectivity index (χ0v) is 31.8. The Bertz CT molecular complexity index is 2270. The summed E-state index contributed by atoms with van der Waals surface area (Å²) in [5, 5.41) is 24.5. The molecule has 2 heterocycles. The predicted octanol–water partition coefficient (Wildman–Crippen LogP) is 10.1. The molecular formula is C42H42ClF3N2O5S. The van der Waals surface area contributed by atoms with Gasteiger partial charge in [-0.05, 0) is 105 Å². The molecule has 2 bridgehead atoms. The number of aliphatic hydroxyl groups excluding tert-OH is 1. The Hall–Kier alpha value is -3.51. The van der Waals surface area contributed by atoms with Gasteiger partial charge in [0.05, 0.1) is 40.4 Å². The predicted molar refractivity (Wildman–Crippen MR) is 200 cm³/mol. The number of nitrogens with one attached hydrogen (secondary N) is 1. The van der Waals surface area contributed by atoms with Gasteiger partial charge in [-0.2, -0.15) is 13.2 Å². The summed E-state index contributed by atoms with van der Waals surface area (Å²) in [6.45, 7) is 4.50. The molecule has 2 spiro atoms. The van der Waals surface area contributed by atoms with Gasteiger partial charge in [0.25, 0.3) is 0 Å². The number of methoxy groups -OCH3 is 1. The number of Topliss-reactive ketones (excluding diaryl/α,β-unsaturated/α-hetero) is 1. The van der Waals surface area contributed by atoms with Crippen LogP contribution in [-0.4, -0.2) is 50.5 Å². The minimum Gasteiger partial charge on any atom is -0.497 e. The van der Waals surface area contributed by atoms with Crippen molar-refractivity contribution in [2.24, 2.45) is 33.5 Å². The molecule has 6 aliphatic carbocycles. The minimum absolute atomic E-state index is 0.0193. The van der Waals surface area contributed by atoms with Crippen molar-refractivity contribution in [3.05, 3.63) is 88.7 Å². The first kappa shape index (κ1) is 36.1. The van der Waals surface area contributed by atoms with Crippen molar-refractivity contribution in [1.82, 2.24) is 9.97 Å². The Labute approximate surface area is 320 Å². The number of ether oxygens (including phenoxy) is 1. The van der Waals surface area contributed by atoms with Crippen LogP contribution in [0.15, 0.2) is 81.9 Å². The lowest BCUT2D eigenvalue weighted by atomic mass is 9.32. The SMILES string of the molecule is COc1ccc2nc(SCC3(O)CCC4C56C=CC7(C=C5C(=O)c5ccc(-c8cc(C(F)(F)F)ccc8Cl)o5)CC(O)CCC7(C)C6CCC43C)[nH]c2c1. The number of alkyl halides is 3. The molecule has 12 heteroatoms. The quantitative estimate of drug-likeness (QED) is 0.0974. The second-order valence-corrected chi connectivity index (χ2v) is 18.1. The number of benzene rings is 2. The number of carbonyl (C=O) groups excluding carboxylic acids is 1. The topological polar surface area (TPSA) is 109 Å². The van der Waals surface area contributed by atoms with E-state index in [0.717, 1.165) is 48.2 Å². The third-order valence-corrected chi connectivity index (χ3v) is 15.9. The van der Waals surface area contributed by atoms with E-state index in [1.54, 1.807) is 7.11 Å². The summed E-state index contributed by atoms with van der Waals surface area (Å²) in [4.78, 5) is 23.1. The van der Waals surface area contributed by atoms with Gasteiger partial charge in [0.15, 0.2) is 10.9 Å². The molecule has 8 atom stereocenters. The van der Waals surface area contributed by atoms with E-state index in [-0.39, 0.29) is 45.1 Å². The van der Waals surface area contributed by atoms with E-state index in [1.807, 2.05) is 18.2 Å². The molecule has 3 N–H and O–H groups in total. The molecule has 2 aromatic heterocycles. The minimum atomic E-state index is -4.58. The van der Waals surface area contributed by atoms with Gasteiger partial charge in [-0.15, -0.1) is 0 Å². The molecule has 284 valence electrons. The lowest BCUT2D eigenvalue weighted by Crippen LogP contribution is -2.67. The molecule has 4 aromatic rings. The number of aromatic nitrogens is 2. The molecule has 3 fully saturated rings. The number of hydrogen-bond donors (Lipinski definition) is 3. The van der Waals surface area contributed by atoms with Gasteiger partial charge in [-0.1, -0.05) is 55.4 Å². The van der Waals surface area contributed by atoms with E-state index in [4.69, 9.17) is 25.7 Å². The van der Waals surface area contributed by atoms with Crippen molar-refractivity contribution in [2.75, 3.05) is 12.9 Å². The first-order valence-corrected chi connectivity index (χ1v) is 19.9. The van der Waals surface area contributed by atoms with Crippen molar-refractivity contribution in [1.29, 1.82) is 0 Å². The zero-order chi connectivity index (χ0) is 38.1. The van der Waals surface area contributed by atoms with E-state index in [0.29, 0.717) is 42.2 Å². The van der Waals surface area contributed by atoms with E-state index >= 15 is 0 Å². The Balaban J connectivity index is 1.09. The number of thioether (sulfide) groups is 1. The summed E-state index contributed by atoms with van der Waals surface area (Å²) >= 11 is 7.87. The lowest BCUT2D eigenvalue weighted by molar-refractivity contribution is -0.166. The second-order valence-electron chi connectivity index (χ2n) is 16.7. The summed E-state index contributed by atoms with van der Waals surface area (Å²) in [6.07, 6.45) is 6.27. The van der Waals surface area contributed by atoms with Crippen LogP contribution < -0.4 is 4.74 Å². The average Bonchev–Trinajstić information content (AvgIpc) is 3.86. The second kappa shape index (κ2) is 12.0. The smallest absolute Gasteiger partial charge is 0.416 e. The highest BCUT2D eigenvalue weighted by atomic mass is 35.5. The Kier molecular flexibility index (Phi) is 8.03. The third-order valence-electron chi connectivity index (χ3n) is 14.5. The number of nitrogens with zero attached hydrogens (tertiary/aromatic N) is 1. The van der Waals surface area contributed by atoms with Crippen molar-refractivity contribution < 1.29 is 37.3 Å². The van der Waals surface area contributed by atoms with Gasteiger partial charge in [-0.3, -0.25) is 4.79 Å². The van der Waals surface area contributed by atoms with Crippen LogP contribution >= 0.6 is 23.4 Å². The van der Waals surface area contributed by atoms with Gasteiger partial charge in [0.1, 0.15) is 11.5 Å². The summed E-state index contributed by atoms with van der Waals surface area (Å²) in [5.74, 6) is 0.887. The summed E-state index contributed by atoms with van der Waals surface area (Å²) in [6, 6.07) is 11.7. The fraction of sp³-hybridized carbons (Fsp3) is 0.476. The maximum absolute atomic E-state index is 15.0. The number of hydrogen-bond acceptors (Lipinski definition) is 7. The van der Waals surface area contributed by atoms with Crippen molar-refractivity contribution in [3.8, 4) is 17.1 Å². The molecule has 6 aliphatic rings. The van der Waals surface area contributed by atoms with Crippen LogP contribution in [0.3, 0.4) is 0 Å². The summed E-state index contributed by atoms with van der Waals surface area (Å²) < 4.78 is 52.4. The average molecular weight is 779 g/mol. The third kappa shape index (κ3) is 4.96. The highest BCUT2D eigenvalue weighted by Crippen LogP contribution is 2.78. The van der Waals surface area contributed by atoms with Crippen molar-refractivity contribution in [2.45, 2.75) is 81.8 Å². The molecular weight excluding hydrogens is 737 g/mol. The molecule has 54 heavy (non-hydrogen) atoms. The normalized spacial score (nSPS) is 35.4. The van der Waals surface area contributed by atoms with Crippen LogP contribution in [0.2, 0.25) is 5.02 Å². The molecule has 2 aromatic carbocycles. The maximum atomic E-state index is 15.0. The van der Waals surface area contributed by atoms with Crippen LogP contribution in [-0.2, 0) is 6.18 Å². The van der Waals surface area contributed by atoms with Gasteiger partial charge < -0.3 is 24.4 Å². The number of fused-ring (bicyclic) bond motifs is 2. The number of allylic oxidation sites excluding steroid dienone is 4. The fourth-order valence-electron chi connectivity index (χ4n) is 11.6. The van der Waals surface area contributed by atoms with Crippen LogP contribution in [0.5, 0.6) is 5.75 Å². The van der Waals surface area contributed by atoms with Crippen molar-refractivity contribution in [3.63, 3.8) is 0 Å². The van der Waals surface area contributed by atoms with Crippen LogP contribution in [0.4, 0.5) is 13.2 Å². The number of aliphatic hydroxyl groups is 2. The maximum Gasteiger partial charge on any atom is 0.416 e. The number of aromatic amines is 1. The number of H-pyrrole nitrogens is 1. The molecule has 7 nitrogen and oxygen atoms in total. The van der Waals surface area contributed by atoms with Crippen LogP contribution in [0.1, 0.15) is 74.9 Å². The summed E-state index contributed by atoms with van der Waals surface area (Å²) in [7, 11) is 1.62. The highest BCUT2D eigenvalue weighted by Gasteiger charge is 2.74. The van der Waals surface area contributed by atoms with Crippen molar-refractivity contribution >= 4 is 40.2 Å². The number of ketones is 1. The van der Waals surface area contributed by atoms with E-state index < -0.39 is 39.7 Å². The van der Waals surface area contributed by atoms with Gasteiger partial charge in [-0.25, -0.2) is 4.98 Å². The Morgan fingerprint density at radius 2 is 1.80 bits per heavy atom. The van der Waals surface area contributed by atoms with E-state index in [9.17, 15) is 28.2 Å². The number of halogens is 4. The van der Waals surface area contributed by atoms with Gasteiger partial charge >= 0.3 is 6.18 Å². The van der Waals surface area contributed by atoms with Gasteiger partial charge in [0.2, 0.25) is 5.78 Å². The summed E-state index contributed by atoms with van der Waals surface area (Å²) in [5.41, 5.74) is -1.68. The molecule has 8 unspecified atom stereocenters. The zero-order valence-electron chi connectivity index (χ0n) is 30.2. The molecule has 0 aliphatic heterocycles. The van der Waals surface area contributed by atoms with E-state index in [2.05, 4.69) is 37.1 Å². The number of carbonyl (C=O) groups is 1. The standard InChI is InChI=1S/C42H42ClF3N2O5S/c1-37-13-10-24(49)20-39(37)16-17-41(27(21-39)35(50)32-9-8-31(53-32)26-18-23(42(44,45)46)4-6-28(26)43)33(37)11-14-38(2)34(41)12-15-40(38,51)22-54-36-47-29-7-5-25(52-3)19-30(29)48-36/h4-9,16-19,21,24,33-34,49,51H,10-15,20,22H2,1-3H3,(H,47,48). The lowest BCUT2D eigenvalue weighted by Gasteiger charge is -2.71. The first-order valence-electron chi connectivity index (χ1n) is 18.6. The molecule has 0 amide bonds. The number of furan rings is 1. The van der Waals surface area contributed by atoms with Crippen LogP contribution in [0.25, 0.3) is 22.4 Å². The van der Waals surface area contributed by atoms with Crippen LogP contribution in [0, 0.1) is 33.5 Å². The largest absolute Gasteiger partial charge is 0.497 e. The number of rotatable bonds is 7. The fourth-order valence-corrected chi connectivity index (χ4v) is 13.0. The monoisotopic (exact) mass is 778 g/mol. The number of imidazole rings is 1. The first-order chi connectivity index (χ1) is 25.6. The highest BCUT2D eigenvalue weighted by molar-refractivity contribution is 7.99. The molecule has 3 saturated carbocycles. The molecule has 10 rings (SSSR count). The Morgan fingerprint density at radius 3 is 2.57 bits per heavy atom. The molecule has 0 saturated heterocycles. The van der Waals surface area contributed by atoms with E-state index in [1.165, 1.54) is 30.0 Å². The molecule has 0 radical (unpaired) electrons. The Morgan fingerprint density at radius 1 is 1.04 bits per heavy atom.